The van der Waals surface area contributed by atoms with Crippen molar-refractivity contribution in [3.63, 3.8) is 0 Å². The van der Waals surface area contributed by atoms with Gasteiger partial charge in [0.05, 0.1) is 19.1 Å². The van der Waals surface area contributed by atoms with Crippen LogP contribution in [-0.4, -0.2) is 35.6 Å². The lowest BCUT2D eigenvalue weighted by Crippen LogP contribution is -2.35. The highest BCUT2D eigenvalue weighted by Gasteiger charge is 2.15. The summed E-state index contributed by atoms with van der Waals surface area (Å²) in [5.74, 6) is -1.85. The van der Waals surface area contributed by atoms with Gasteiger partial charge in [0.25, 0.3) is 0 Å². The van der Waals surface area contributed by atoms with E-state index in [4.69, 9.17) is 9.84 Å². The number of benzene rings is 2. The molecule has 0 aliphatic carbocycles. The SMILES string of the molecule is CCOC(=O)C(C)=C[C@@H](Cc1ccc(-c2ccccc2)cc1)NC(=O)CCC(=O)O. The Hall–Kier alpha value is -3.41. The van der Waals surface area contributed by atoms with Crippen LogP contribution in [0.3, 0.4) is 0 Å². The average molecular weight is 409 g/mol. The summed E-state index contributed by atoms with van der Waals surface area (Å²) >= 11 is 0. The molecule has 0 aliphatic heterocycles. The van der Waals surface area contributed by atoms with Gasteiger partial charge in [0.1, 0.15) is 0 Å². The van der Waals surface area contributed by atoms with Crippen LogP contribution in [0.2, 0.25) is 0 Å². The molecule has 0 radical (unpaired) electrons. The van der Waals surface area contributed by atoms with Crippen molar-refractivity contribution in [2.45, 2.75) is 39.2 Å². The first kappa shape index (κ1) is 22.9. The number of carboxylic acids is 1. The summed E-state index contributed by atoms with van der Waals surface area (Å²) in [6.45, 7) is 3.62. The van der Waals surface area contributed by atoms with Gasteiger partial charge >= 0.3 is 11.9 Å². The molecule has 2 N–H and O–H groups in total. The van der Waals surface area contributed by atoms with Gasteiger partial charge in [0.2, 0.25) is 5.91 Å². The lowest BCUT2D eigenvalue weighted by atomic mass is 9.99. The van der Waals surface area contributed by atoms with E-state index >= 15 is 0 Å². The number of nitrogens with one attached hydrogen (secondary N) is 1. The predicted octanol–water partition coefficient (Wildman–Crippen LogP) is 3.76. The predicted molar refractivity (Wildman–Crippen MR) is 115 cm³/mol. The van der Waals surface area contributed by atoms with E-state index in [-0.39, 0.29) is 25.4 Å². The van der Waals surface area contributed by atoms with Gasteiger partial charge in [-0.1, -0.05) is 60.7 Å². The van der Waals surface area contributed by atoms with Crippen LogP contribution in [0.5, 0.6) is 0 Å². The molecule has 6 heteroatoms. The highest BCUT2D eigenvalue weighted by Crippen LogP contribution is 2.20. The van der Waals surface area contributed by atoms with Crippen LogP contribution in [0.1, 0.15) is 32.3 Å². The molecule has 0 unspecified atom stereocenters. The largest absolute Gasteiger partial charge is 0.481 e. The lowest BCUT2D eigenvalue weighted by Gasteiger charge is -2.17. The maximum Gasteiger partial charge on any atom is 0.333 e. The molecule has 6 nitrogen and oxygen atoms in total. The Morgan fingerprint density at radius 1 is 1.00 bits per heavy atom. The number of carboxylic acid groups (broad SMARTS) is 1. The van der Waals surface area contributed by atoms with E-state index in [0.717, 1.165) is 16.7 Å². The van der Waals surface area contributed by atoms with Gasteiger partial charge in [-0.2, -0.15) is 0 Å². The van der Waals surface area contributed by atoms with Crippen molar-refractivity contribution >= 4 is 17.8 Å². The summed E-state index contributed by atoms with van der Waals surface area (Å²) in [4.78, 5) is 34.8. The van der Waals surface area contributed by atoms with Crippen LogP contribution < -0.4 is 5.32 Å². The lowest BCUT2D eigenvalue weighted by molar-refractivity contribution is -0.139. The van der Waals surface area contributed by atoms with Crippen molar-refractivity contribution in [2.75, 3.05) is 6.61 Å². The number of hydrogen-bond acceptors (Lipinski definition) is 4. The molecule has 1 amide bonds. The molecule has 1 atom stereocenters. The Morgan fingerprint density at radius 3 is 2.23 bits per heavy atom. The zero-order valence-corrected chi connectivity index (χ0v) is 17.3. The molecule has 2 aromatic rings. The van der Waals surface area contributed by atoms with Crippen LogP contribution >= 0.6 is 0 Å². The third-order valence-corrected chi connectivity index (χ3v) is 4.48. The zero-order valence-electron chi connectivity index (χ0n) is 17.3. The second-order valence-electron chi connectivity index (χ2n) is 6.90. The van der Waals surface area contributed by atoms with Gasteiger partial charge in [0.15, 0.2) is 0 Å². The molecule has 0 aliphatic rings. The smallest absolute Gasteiger partial charge is 0.333 e. The zero-order chi connectivity index (χ0) is 21.9. The van der Waals surface area contributed by atoms with E-state index in [9.17, 15) is 14.4 Å². The van der Waals surface area contributed by atoms with Crippen molar-refractivity contribution in [1.29, 1.82) is 0 Å². The summed E-state index contributed by atoms with van der Waals surface area (Å²) < 4.78 is 5.01. The first-order valence-corrected chi connectivity index (χ1v) is 9.90. The van der Waals surface area contributed by atoms with Gasteiger partial charge < -0.3 is 15.2 Å². The fourth-order valence-corrected chi connectivity index (χ4v) is 2.98. The molecule has 0 saturated carbocycles. The Kier molecular flexibility index (Phi) is 8.81. The first-order valence-electron chi connectivity index (χ1n) is 9.90. The highest BCUT2D eigenvalue weighted by atomic mass is 16.5. The molecular weight excluding hydrogens is 382 g/mol. The molecular formula is C24H27NO5. The second-order valence-corrected chi connectivity index (χ2v) is 6.90. The van der Waals surface area contributed by atoms with Crippen molar-refractivity contribution in [3.05, 3.63) is 71.8 Å². The van der Waals surface area contributed by atoms with Crippen LogP contribution in [0.25, 0.3) is 11.1 Å². The number of carbonyl (C=O) groups is 3. The Labute approximate surface area is 176 Å². The summed E-state index contributed by atoms with van der Waals surface area (Å²) in [5.41, 5.74) is 3.56. The standard InChI is InChI=1S/C24H27NO5/c1-3-30-24(29)17(2)15-21(25-22(26)13-14-23(27)28)16-18-9-11-20(12-10-18)19-7-5-4-6-8-19/h4-12,15,21H,3,13-14,16H2,1-2H3,(H,25,26)(H,27,28)/t21-/m0/s1. The van der Waals surface area contributed by atoms with Crippen LogP contribution in [0, 0.1) is 0 Å². The number of rotatable bonds is 10. The highest BCUT2D eigenvalue weighted by molar-refractivity contribution is 5.88. The van der Waals surface area contributed by atoms with Crippen LogP contribution in [0.15, 0.2) is 66.2 Å². The minimum atomic E-state index is -1.03. The Bertz CT molecular complexity index is 888. The van der Waals surface area contributed by atoms with E-state index in [1.54, 1.807) is 19.9 Å². The molecule has 30 heavy (non-hydrogen) atoms. The monoisotopic (exact) mass is 409 g/mol. The first-order chi connectivity index (χ1) is 14.4. The number of ether oxygens (including phenoxy) is 1. The van der Waals surface area contributed by atoms with E-state index in [1.165, 1.54) is 0 Å². The number of hydrogen-bond donors (Lipinski definition) is 2. The van der Waals surface area contributed by atoms with E-state index < -0.39 is 18.0 Å². The van der Waals surface area contributed by atoms with E-state index in [0.29, 0.717) is 12.0 Å². The molecule has 158 valence electrons. The molecule has 0 fully saturated rings. The normalized spacial score (nSPS) is 12.1. The molecule has 2 rings (SSSR count). The van der Waals surface area contributed by atoms with E-state index in [1.807, 2.05) is 54.6 Å². The van der Waals surface area contributed by atoms with Crippen molar-refractivity contribution in [1.82, 2.24) is 5.32 Å². The fraction of sp³-hybridized carbons (Fsp3) is 0.292. The minimum Gasteiger partial charge on any atom is -0.481 e. The molecule has 0 aromatic heterocycles. The number of esters is 1. The van der Waals surface area contributed by atoms with Crippen molar-refractivity contribution in [3.8, 4) is 11.1 Å². The number of amides is 1. The van der Waals surface area contributed by atoms with Crippen LogP contribution in [0.4, 0.5) is 0 Å². The summed E-state index contributed by atoms with van der Waals surface area (Å²) in [7, 11) is 0. The molecule has 2 aromatic carbocycles. The number of carbonyl (C=O) groups excluding carboxylic acids is 2. The van der Waals surface area contributed by atoms with Gasteiger partial charge in [-0.15, -0.1) is 0 Å². The molecule has 0 saturated heterocycles. The van der Waals surface area contributed by atoms with Gasteiger partial charge in [-0.05, 0) is 37.0 Å². The maximum absolute atomic E-state index is 12.1. The summed E-state index contributed by atoms with van der Waals surface area (Å²) in [5, 5.41) is 11.6. The second kappa shape index (κ2) is 11.6. The molecule has 0 bridgehead atoms. The minimum absolute atomic E-state index is 0.120. The topological polar surface area (TPSA) is 92.7 Å². The third kappa shape index (κ3) is 7.54. The maximum atomic E-state index is 12.1. The fourth-order valence-electron chi connectivity index (χ4n) is 2.98. The van der Waals surface area contributed by atoms with Crippen molar-refractivity contribution in [2.24, 2.45) is 0 Å². The Balaban J connectivity index is 2.14. The van der Waals surface area contributed by atoms with Gasteiger partial charge in [0, 0.05) is 12.0 Å². The van der Waals surface area contributed by atoms with Gasteiger partial charge in [-0.25, -0.2) is 4.79 Å². The van der Waals surface area contributed by atoms with Crippen molar-refractivity contribution < 1.29 is 24.2 Å². The summed E-state index contributed by atoms with van der Waals surface area (Å²) in [6.07, 6.45) is 1.75. The average Bonchev–Trinajstić information content (AvgIpc) is 2.73. The molecule has 0 spiro atoms. The summed E-state index contributed by atoms with van der Waals surface area (Å²) in [6, 6.07) is 17.5. The van der Waals surface area contributed by atoms with Crippen LogP contribution in [-0.2, 0) is 25.5 Å². The molecule has 0 heterocycles. The van der Waals surface area contributed by atoms with E-state index in [2.05, 4.69) is 5.32 Å². The third-order valence-electron chi connectivity index (χ3n) is 4.48. The number of aliphatic carboxylic acids is 1. The van der Waals surface area contributed by atoms with Gasteiger partial charge in [-0.3, -0.25) is 9.59 Å². The Morgan fingerprint density at radius 2 is 1.63 bits per heavy atom. The quantitative estimate of drug-likeness (QED) is 0.460.